The van der Waals surface area contributed by atoms with Gasteiger partial charge in [-0.05, 0) is 37.5 Å². The maximum atomic E-state index is 12.2. The molecule has 0 spiro atoms. The average Bonchev–Trinajstić information content (AvgIpc) is 2.67. The number of non-ortho nitro benzene ring substituents is 1. The third-order valence-electron chi connectivity index (χ3n) is 4.34. The van der Waals surface area contributed by atoms with Crippen LogP contribution >= 0.6 is 0 Å². The van der Waals surface area contributed by atoms with Gasteiger partial charge in [0, 0.05) is 31.1 Å². The molecule has 0 bridgehead atoms. The van der Waals surface area contributed by atoms with Crippen LogP contribution in [0.4, 0.5) is 10.5 Å². The Morgan fingerprint density at radius 1 is 1.15 bits per heavy atom. The molecule has 1 aliphatic heterocycles. The number of ketones is 1. The van der Waals surface area contributed by atoms with E-state index >= 15 is 0 Å². The lowest BCUT2D eigenvalue weighted by atomic mass is 9.91. The molecule has 0 aliphatic carbocycles. The summed E-state index contributed by atoms with van der Waals surface area (Å²) in [5, 5.41) is 10.6. The van der Waals surface area contributed by atoms with E-state index in [1.54, 1.807) is 11.8 Å². The number of carbonyl (C=O) groups excluding carboxylic acids is 3. The molecule has 0 radical (unpaired) electrons. The summed E-state index contributed by atoms with van der Waals surface area (Å²) in [6.45, 7) is 2.83. The number of esters is 1. The molecule has 9 heteroatoms. The lowest BCUT2D eigenvalue weighted by molar-refractivity contribution is -0.384. The molecule has 2 rings (SSSR count). The predicted molar refractivity (Wildman–Crippen MR) is 93.8 cm³/mol. The molecule has 0 N–H and O–H groups in total. The van der Waals surface area contributed by atoms with E-state index in [1.165, 1.54) is 24.3 Å². The number of Topliss-reactive ketones (excluding diaryl/α,β-unsaturated/α-hetero) is 1. The first-order valence-electron chi connectivity index (χ1n) is 8.74. The predicted octanol–water partition coefficient (Wildman–Crippen LogP) is 2.47. The number of hydrogen-bond donors (Lipinski definition) is 0. The zero-order chi connectivity index (χ0) is 19.8. The summed E-state index contributed by atoms with van der Waals surface area (Å²) in [5.41, 5.74) is 0.554. The van der Waals surface area contributed by atoms with E-state index in [1.807, 2.05) is 0 Å². The smallest absolute Gasteiger partial charge is 0.409 e. The summed E-state index contributed by atoms with van der Waals surface area (Å²) < 4.78 is 9.99. The van der Waals surface area contributed by atoms with Gasteiger partial charge in [-0.3, -0.25) is 19.7 Å². The molecular weight excluding hydrogens is 356 g/mol. The first-order valence-corrected chi connectivity index (χ1v) is 8.74. The van der Waals surface area contributed by atoms with Crippen LogP contribution in [0.25, 0.3) is 0 Å². The third kappa shape index (κ3) is 6.05. The van der Waals surface area contributed by atoms with Crippen LogP contribution in [-0.2, 0) is 25.7 Å². The molecule has 146 valence electrons. The Hall–Kier alpha value is -2.97. The van der Waals surface area contributed by atoms with E-state index in [2.05, 4.69) is 0 Å². The average molecular weight is 378 g/mol. The SMILES string of the molecule is CCOC(=O)N1CCC(C(=O)CC(=O)OCc2ccc([N+](=O)[O-])cc2)CC1. The topological polar surface area (TPSA) is 116 Å². The number of hydrogen-bond acceptors (Lipinski definition) is 7. The van der Waals surface area contributed by atoms with Crippen molar-refractivity contribution in [2.45, 2.75) is 32.8 Å². The van der Waals surface area contributed by atoms with Gasteiger partial charge >= 0.3 is 12.1 Å². The van der Waals surface area contributed by atoms with Crippen LogP contribution in [0.2, 0.25) is 0 Å². The summed E-state index contributed by atoms with van der Waals surface area (Å²) in [4.78, 5) is 47.4. The highest BCUT2D eigenvalue weighted by atomic mass is 16.6. The summed E-state index contributed by atoms with van der Waals surface area (Å²) in [6.07, 6.45) is 0.281. The first-order chi connectivity index (χ1) is 12.9. The maximum Gasteiger partial charge on any atom is 0.409 e. The van der Waals surface area contributed by atoms with E-state index in [0.29, 0.717) is 38.1 Å². The Bertz CT molecular complexity index is 694. The van der Waals surface area contributed by atoms with Crippen molar-refractivity contribution in [1.29, 1.82) is 0 Å². The van der Waals surface area contributed by atoms with Crippen molar-refractivity contribution in [2.24, 2.45) is 5.92 Å². The van der Waals surface area contributed by atoms with Gasteiger partial charge in [0.2, 0.25) is 0 Å². The number of benzene rings is 1. The van der Waals surface area contributed by atoms with Crippen LogP contribution in [0.15, 0.2) is 24.3 Å². The van der Waals surface area contributed by atoms with Gasteiger partial charge in [0.05, 0.1) is 11.5 Å². The van der Waals surface area contributed by atoms with Crippen LogP contribution in [-0.4, -0.2) is 47.4 Å². The fourth-order valence-corrected chi connectivity index (χ4v) is 2.81. The van der Waals surface area contributed by atoms with Gasteiger partial charge < -0.3 is 14.4 Å². The zero-order valence-electron chi connectivity index (χ0n) is 15.1. The summed E-state index contributed by atoms with van der Waals surface area (Å²) >= 11 is 0. The fraction of sp³-hybridized carbons (Fsp3) is 0.500. The highest BCUT2D eigenvalue weighted by molar-refractivity contribution is 5.96. The van der Waals surface area contributed by atoms with Gasteiger partial charge in [0.25, 0.3) is 5.69 Å². The van der Waals surface area contributed by atoms with Gasteiger partial charge in [-0.1, -0.05) is 0 Å². The van der Waals surface area contributed by atoms with Crippen molar-refractivity contribution in [3.63, 3.8) is 0 Å². The van der Waals surface area contributed by atoms with Crippen molar-refractivity contribution >= 4 is 23.5 Å². The molecule has 0 saturated carbocycles. The van der Waals surface area contributed by atoms with E-state index in [9.17, 15) is 24.5 Å². The standard InChI is InChI=1S/C18H22N2O7/c1-2-26-18(23)19-9-7-14(8-10-19)16(21)11-17(22)27-12-13-3-5-15(6-4-13)20(24)25/h3-6,14H,2,7-12H2,1H3. The maximum absolute atomic E-state index is 12.2. The molecule has 1 saturated heterocycles. The quantitative estimate of drug-likeness (QED) is 0.310. The minimum absolute atomic E-state index is 0.0468. The summed E-state index contributed by atoms with van der Waals surface area (Å²) in [6, 6.07) is 5.65. The molecule has 27 heavy (non-hydrogen) atoms. The first kappa shape index (κ1) is 20.3. The second kappa shape index (κ2) is 9.65. The second-order valence-electron chi connectivity index (χ2n) is 6.19. The Balaban J connectivity index is 1.73. The van der Waals surface area contributed by atoms with E-state index in [0.717, 1.165) is 0 Å². The number of amides is 1. The van der Waals surface area contributed by atoms with Crippen LogP contribution < -0.4 is 0 Å². The molecule has 9 nitrogen and oxygen atoms in total. The lowest BCUT2D eigenvalue weighted by Gasteiger charge is -2.30. The number of carbonyl (C=O) groups is 3. The molecule has 0 unspecified atom stereocenters. The Kier molecular flexibility index (Phi) is 7.27. The van der Waals surface area contributed by atoms with Crippen molar-refractivity contribution < 1.29 is 28.8 Å². The van der Waals surface area contributed by atoms with Gasteiger partial charge in [-0.2, -0.15) is 0 Å². The Morgan fingerprint density at radius 3 is 2.33 bits per heavy atom. The van der Waals surface area contributed by atoms with Crippen molar-refractivity contribution in [2.75, 3.05) is 19.7 Å². The zero-order valence-corrected chi connectivity index (χ0v) is 15.1. The highest BCUT2D eigenvalue weighted by Gasteiger charge is 2.29. The van der Waals surface area contributed by atoms with E-state index in [4.69, 9.17) is 9.47 Å². The molecule has 1 aromatic rings. The number of nitrogens with zero attached hydrogens (tertiary/aromatic N) is 2. The molecule has 1 heterocycles. The van der Waals surface area contributed by atoms with Crippen LogP contribution in [0.5, 0.6) is 0 Å². The molecule has 1 fully saturated rings. The summed E-state index contributed by atoms with van der Waals surface area (Å²) in [5.74, 6) is -1.11. The number of nitro benzene ring substituents is 1. The number of likely N-dealkylation sites (tertiary alicyclic amines) is 1. The van der Waals surface area contributed by atoms with Gasteiger partial charge in [-0.15, -0.1) is 0 Å². The molecule has 0 aromatic heterocycles. The highest BCUT2D eigenvalue weighted by Crippen LogP contribution is 2.20. The minimum atomic E-state index is -0.633. The van der Waals surface area contributed by atoms with Gasteiger partial charge in [0.1, 0.15) is 18.8 Å². The summed E-state index contributed by atoms with van der Waals surface area (Å²) in [7, 11) is 0. The minimum Gasteiger partial charge on any atom is -0.460 e. The van der Waals surface area contributed by atoms with Crippen LogP contribution in [0.3, 0.4) is 0 Å². The number of rotatable bonds is 7. The molecule has 1 aromatic carbocycles. The van der Waals surface area contributed by atoms with Crippen molar-refractivity contribution in [3.8, 4) is 0 Å². The van der Waals surface area contributed by atoms with Gasteiger partial charge in [0.15, 0.2) is 0 Å². The molecular formula is C18H22N2O7. The third-order valence-corrected chi connectivity index (χ3v) is 4.34. The van der Waals surface area contributed by atoms with E-state index < -0.39 is 10.9 Å². The van der Waals surface area contributed by atoms with Crippen LogP contribution in [0.1, 0.15) is 31.7 Å². The molecule has 1 aliphatic rings. The van der Waals surface area contributed by atoms with Crippen molar-refractivity contribution in [3.05, 3.63) is 39.9 Å². The van der Waals surface area contributed by atoms with E-state index in [-0.39, 0.29) is 36.5 Å². The second-order valence-corrected chi connectivity index (χ2v) is 6.19. The molecule has 1 amide bonds. The van der Waals surface area contributed by atoms with Crippen LogP contribution in [0, 0.1) is 16.0 Å². The number of piperidine rings is 1. The van der Waals surface area contributed by atoms with Gasteiger partial charge in [-0.25, -0.2) is 4.79 Å². The largest absolute Gasteiger partial charge is 0.460 e. The fourth-order valence-electron chi connectivity index (χ4n) is 2.81. The Morgan fingerprint density at radius 2 is 1.78 bits per heavy atom. The molecule has 0 atom stereocenters. The Labute approximate surface area is 156 Å². The van der Waals surface area contributed by atoms with Crippen molar-refractivity contribution in [1.82, 2.24) is 4.90 Å². The number of ether oxygens (including phenoxy) is 2. The monoisotopic (exact) mass is 378 g/mol. The lowest BCUT2D eigenvalue weighted by Crippen LogP contribution is -2.40. The number of nitro groups is 1. The normalized spacial score (nSPS) is 14.5.